The van der Waals surface area contributed by atoms with Gasteiger partial charge in [-0.05, 0) is 19.8 Å². The van der Waals surface area contributed by atoms with E-state index in [-0.39, 0.29) is 0 Å². The highest BCUT2D eigenvalue weighted by atomic mass is 28.3. The molecule has 0 bridgehead atoms. The minimum Gasteiger partial charge on any atom is -0.0845 e. The fraction of sp³-hybridized carbons (Fsp3) is 0.600. The predicted molar refractivity (Wildman–Crippen MR) is 54.4 cm³/mol. The van der Waals surface area contributed by atoms with Gasteiger partial charge in [0.2, 0.25) is 0 Å². The Morgan fingerprint density at radius 1 is 1.09 bits per heavy atom. The summed E-state index contributed by atoms with van der Waals surface area (Å²) < 4.78 is 0. The summed E-state index contributed by atoms with van der Waals surface area (Å²) in [5.41, 5.74) is 1.63. The zero-order valence-corrected chi connectivity index (χ0v) is 9.07. The van der Waals surface area contributed by atoms with Crippen molar-refractivity contribution >= 4 is 8.07 Å². The Kier molecular flexibility index (Phi) is 2.38. The first-order valence-corrected chi connectivity index (χ1v) is 7.86. The zero-order chi connectivity index (χ0) is 8.48. The van der Waals surface area contributed by atoms with Crippen molar-refractivity contribution in [2.75, 3.05) is 0 Å². The van der Waals surface area contributed by atoms with Crippen molar-refractivity contribution < 1.29 is 0 Å². The van der Waals surface area contributed by atoms with E-state index in [1.54, 1.807) is 10.8 Å². The SMILES string of the molecule is CC1=C([Si](C)(C)C)CC=CC1. The molecule has 1 aliphatic rings. The molecule has 0 aromatic heterocycles. The second-order valence-electron chi connectivity index (χ2n) is 4.39. The molecule has 0 N–H and O–H groups in total. The fourth-order valence-electron chi connectivity index (χ4n) is 1.71. The quantitative estimate of drug-likeness (QED) is 0.413. The first kappa shape index (κ1) is 8.79. The van der Waals surface area contributed by atoms with Gasteiger partial charge in [-0.1, -0.05) is 42.6 Å². The third-order valence-electron chi connectivity index (χ3n) is 2.33. The van der Waals surface area contributed by atoms with Crippen molar-refractivity contribution in [2.24, 2.45) is 0 Å². The van der Waals surface area contributed by atoms with Crippen LogP contribution in [-0.2, 0) is 0 Å². The fourth-order valence-corrected chi connectivity index (χ4v) is 3.82. The molecule has 0 heterocycles. The van der Waals surface area contributed by atoms with Gasteiger partial charge in [-0.2, -0.15) is 0 Å². The summed E-state index contributed by atoms with van der Waals surface area (Å²) in [7, 11) is -0.991. The molecule has 0 aliphatic heterocycles. The van der Waals surface area contributed by atoms with Gasteiger partial charge in [0.15, 0.2) is 0 Å². The lowest BCUT2D eigenvalue weighted by Crippen LogP contribution is -2.25. The van der Waals surface area contributed by atoms with Crippen molar-refractivity contribution in [3.05, 3.63) is 22.9 Å². The largest absolute Gasteiger partial charge is 0.0845 e. The molecule has 0 aromatic rings. The van der Waals surface area contributed by atoms with E-state index in [0.717, 1.165) is 0 Å². The molecule has 0 saturated heterocycles. The smallest absolute Gasteiger partial charge is 0.0727 e. The van der Waals surface area contributed by atoms with Crippen LogP contribution in [0.25, 0.3) is 0 Å². The highest BCUT2D eigenvalue weighted by Crippen LogP contribution is 2.27. The van der Waals surface area contributed by atoms with Crippen LogP contribution in [0.3, 0.4) is 0 Å². The van der Waals surface area contributed by atoms with Gasteiger partial charge < -0.3 is 0 Å². The number of rotatable bonds is 1. The van der Waals surface area contributed by atoms with Crippen LogP contribution in [0.4, 0.5) is 0 Å². The molecule has 0 fully saturated rings. The van der Waals surface area contributed by atoms with Crippen LogP contribution in [0.5, 0.6) is 0 Å². The highest BCUT2D eigenvalue weighted by Gasteiger charge is 2.21. The van der Waals surface area contributed by atoms with Gasteiger partial charge in [-0.3, -0.25) is 0 Å². The molecule has 0 amide bonds. The normalized spacial score (nSPS) is 19.3. The van der Waals surface area contributed by atoms with E-state index in [2.05, 4.69) is 38.7 Å². The second-order valence-corrected chi connectivity index (χ2v) is 9.49. The van der Waals surface area contributed by atoms with Gasteiger partial charge >= 0.3 is 0 Å². The summed E-state index contributed by atoms with van der Waals surface area (Å²) in [6.07, 6.45) is 7.03. The lowest BCUT2D eigenvalue weighted by molar-refractivity contribution is 1.08. The van der Waals surface area contributed by atoms with Crippen molar-refractivity contribution in [3.63, 3.8) is 0 Å². The summed E-state index contributed by atoms with van der Waals surface area (Å²) in [5, 5.41) is 1.76. The van der Waals surface area contributed by atoms with Crippen molar-refractivity contribution in [2.45, 2.75) is 39.4 Å². The summed E-state index contributed by atoms with van der Waals surface area (Å²) in [6.45, 7) is 9.60. The number of allylic oxidation sites excluding steroid dienone is 4. The van der Waals surface area contributed by atoms with E-state index < -0.39 is 8.07 Å². The molecular formula is C10H18Si. The Balaban J connectivity index is 2.85. The molecule has 0 aromatic carbocycles. The van der Waals surface area contributed by atoms with Gasteiger partial charge in [0.05, 0.1) is 8.07 Å². The van der Waals surface area contributed by atoms with Crippen LogP contribution in [0.15, 0.2) is 22.9 Å². The molecule has 0 saturated carbocycles. The molecule has 0 atom stereocenters. The minimum absolute atomic E-state index is 0.991. The van der Waals surface area contributed by atoms with Crippen molar-refractivity contribution in [1.29, 1.82) is 0 Å². The monoisotopic (exact) mass is 166 g/mol. The molecule has 11 heavy (non-hydrogen) atoms. The molecule has 1 rings (SSSR count). The van der Waals surface area contributed by atoms with E-state index in [1.807, 2.05) is 0 Å². The predicted octanol–water partition coefficient (Wildman–Crippen LogP) is 3.53. The third kappa shape index (κ3) is 2.06. The average molecular weight is 166 g/mol. The number of hydrogen-bond donors (Lipinski definition) is 0. The van der Waals surface area contributed by atoms with E-state index in [0.29, 0.717) is 0 Å². The molecule has 1 aliphatic carbocycles. The van der Waals surface area contributed by atoms with Gasteiger partial charge in [-0.25, -0.2) is 0 Å². The molecule has 0 spiro atoms. The molecule has 0 radical (unpaired) electrons. The van der Waals surface area contributed by atoms with E-state index >= 15 is 0 Å². The molecule has 0 unspecified atom stereocenters. The third-order valence-corrected chi connectivity index (χ3v) is 4.77. The number of hydrogen-bond acceptors (Lipinski definition) is 0. The van der Waals surface area contributed by atoms with Crippen LogP contribution in [0, 0.1) is 0 Å². The minimum atomic E-state index is -0.991. The van der Waals surface area contributed by atoms with E-state index in [9.17, 15) is 0 Å². The van der Waals surface area contributed by atoms with Crippen molar-refractivity contribution in [3.8, 4) is 0 Å². The van der Waals surface area contributed by atoms with Gasteiger partial charge in [0.1, 0.15) is 0 Å². The Labute approximate surface area is 71.0 Å². The van der Waals surface area contributed by atoms with Crippen LogP contribution in [0.2, 0.25) is 19.6 Å². The Bertz CT molecular complexity index is 203. The molecule has 62 valence electrons. The highest BCUT2D eigenvalue weighted by molar-refractivity contribution is 6.83. The summed E-state index contributed by atoms with van der Waals surface area (Å²) in [5.74, 6) is 0. The molecular weight excluding hydrogens is 148 g/mol. The maximum Gasteiger partial charge on any atom is 0.0727 e. The van der Waals surface area contributed by atoms with Gasteiger partial charge in [0, 0.05) is 0 Å². The first-order chi connectivity index (χ1) is 5.02. The van der Waals surface area contributed by atoms with Crippen LogP contribution < -0.4 is 0 Å². The van der Waals surface area contributed by atoms with Gasteiger partial charge in [-0.15, -0.1) is 0 Å². The lowest BCUT2D eigenvalue weighted by Gasteiger charge is -2.25. The molecule has 1 heteroatoms. The second kappa shape index (κ2) is 2.98. The summed E-state index contributed by atoms with van der Waals surface area (Å²) >= 11 is 0. The van der Waals surface area contributed by atoms with Crippen LogP contribution in [-0.4, -0.2) is 8.07 Å². The van der Waals surface area contributed by atoms with Crippen molar-refractivity contribution in [1.82, 2.24) is 0 Å². The average Bonchev–Trinajstić information content (AvgIpc) is 1.86. The topological polar surface area (TPSA) is 0 Å². The van der Waals surface area contributed by atoms with E-state index in [1.165, 1.54) is 12.8 Å². The summed E-state index contributed by atoms with van der Waals surface area (Å²) in [4.78, 5) is 0. The Morgan fingerprint density at radius 3 is 2.00 bits per heavy atom. The maximum atomic E-state index is 2.44. The van der Waals surface area contributed by atoms with E-state index in [4.69, 9.17) is 0 Å². The lowest BCUT2D eigenvalue weighted by atomic mass is 10.1. The Morgan fingerprint density at radius 2 is 1.64 bits per heavy atom. The van der Waals surface area contributed by atoms with Gasteiger partial charge in [0.25, 0.3) is 0 Å². The standard InChI is InChI=1S/C10H18Si/c1-9-7-5-6-8-10(9)11(2,3)4/h5-6H,7-8H2,1-4H3. The first-order valence-electron chi connectivity index (χ1n) is 4.36. The Hall–Kier alpha value is -0.303. The van der Waals surface area contributed by atoms with Crippen LogP contribution >= 0.6 is 0 Å². The maximum absolute atomic E-state index is 2.44. The summed E-state index contributed by atoms with van der Waals surface area (Å²) in [6, 6.07) is 0. The van der Waals surface area contributed by atoms with Crippen LogP contribution in [0.1, 0.15) is 19.8 Å². The zero-order valence-electron chi connectivity index (χ0n) is 8.07. The molecule has 0 nitrogen and oxygen atoms in total.